The molecule has 0 aromatic rings. The van der Waals surface area contributed by atoms with Gasteiger partial charge in [-0.05, 0) is 6.42 Å². The molecule has 1 rings (SSSR count). The van der Waals surface area contributed by atoms with Crippen molar-refractivity contribution in [3.05, 3.63) is 0 Å². The fourth-order valence-electron chi connectivity index (χ4n) is 1.47. The molecule has 1 N–H and O–H groups in total. The molecule has 1 amide bonds. The molecule has 0 radical (unpaired) electrons. The van der Waals surface area contributed by atoms with Crippen molar-refractivity contribution in [3.63, 3.8) is 0 Å². The van der Waals surface area contributed by atoms with E-state index in [2.05, 4.69) is 0 Å². The highest BCUT2D eigenvalue weighted by molar-refractivity contribution is 5.83. The quantitative estimate of drug-likeness (QED) is 0.758. The molecule has 0 aromatic heterocycles. The van der Waals surface area contributed by atoms with Gasteiger partial charge in [-0.1, -0.05) is 0 Å². The third-order valence-corrected chi connectivity index (χ3v) is 2.24. The number of alkyl halides is 3. The number of carboxylic acids is 1. The third-order valence-electron chi connectivity index (χ3n) is 2.24. The monoisotopic (exact) mass is 225 g/mol. The van der Waals surface area contributed by atoms with Crippen LogP contribution in [0.15, 0.2) is 0 Å². The summed E-state index contributed by atoms with van der Waals surface area (Å²) < 4.78 is 35.9. The topological polar surface area (TPSA) is 57.6 Å². The number of aliphatic carboxylic acids is 1. The van der Waals surface area contributed by atoms with E-state index in [9.17, 15) is 22.8 Å². The lowest BCUT2D eigenvalue weighted by molar-refractivity contribution is -0.167. The molecule has 15 heavy (non-hydrogen) atoms. The highest BCUT2D eigenvalue weighted by Crippen LogP contribution is 2.23. The van der Waals surface area contributed by atoms with Crippen LogP contribution >= 0.6 is 0 Å². The van der Waals surface area contributed by atoms with Crippen molar-refractivity contribution in [2.24, 2.45) is 5.92 Å². The van der Waals surface area contributed by atoms with E-state index in [-0.39, 0.29) is 19.4 Å². The van der Waals surface area contributed by atoms with Crippen molar-refractivity contribution in [3.8, 4) is 0 Å². The Labute approximate surface area is 83.7 Å². The van der Waals surface area contributed by atoms with Gasteiger partial charge in [-0.25, -0.2) is 0 Å². The number of amides is 1. The lowest BCUT2D eigenvalue weighted by atomic mass is 9.96. The van der Waals surface area contributed by atoms with Gasteiger partial charge in [0.1, 0.15) is 6.54 Å². The van der Waals surface area contributed by atoms with Crippen LogP contribution in [0.1, 0.15) is 12.8 Å². The minimum absolute atomic E-state index is 0.0805. The summed E-state index contributed by atoms with van der Waals surface area (Å²) in [7, 11) is 0. The zero-order valence-corrected chi connectivity index (χ0v) is 7.75. The zero-order valence-electron chi connectivity index (χ0n) is 7.75. The number of hydrogen-bond donors (Lipinski definition) is 1. The van der Waals surface area contributed by atoms with Gasteiger partial charge in [0, 0.05) is 13.0 Å². The smallest absolute Gasteiger partial charge is 0.406 e. The number of rotatable bonds is 2. The maximum Gasteiger partial charge on any atom is 0.406 e. The molecule has 0 spiro atoms. The van der Waals surface area contributed by atoms with Crippen LogP contribution in [-0.2, 0) is 9.59 Å². The van der Waals surface area contributed by atoms with Gasteiger partial charge in [0.25, 0.3) is 0 Å². The molecule has 1 atom stereocenters. The van der Waals surface area contributed by atoms with Crippen LogP contribution < -0.4 is 0 Å². The molecule has 7 heteroatoms. The molecule has 1 fully saturated rings. The molecule has 1 aliphatic rings. The summed E-state index contributed by atoms with van der Waals surface area (Å²) in [5.41, 5.74) is 0. The van der Waals surface area contributed by atoms with Gasteiger partial charge in [-0.2, -0.15) is 13.2 Å². The molecule has 1 aliphatic heterocycles. The largest absolute Gasteiger partial charge is 0.481 e. The first-order chi connectivity index (χ1) is 6.79. The Balaban J connectivity index is 2.53. The van der Waals surface area contributed by atoms with Gasteiger partial charge >= 0.3 is 12.1 Å². The number of nitrogens with zero attached hydrogens (tertiary/aromatic N) is 1. The Morgan fingerprint density at radius 3 is 2.53 bits per heavy atom. The second-order valence-corrected chi connectivity index (χ2v) is 3.46. The predicted octanol–water partition coefficient (Wildman–Crippen LogP) is 0.872. The van der Waals surface area contributed by atoms with Crippen molar-refractivity contribution >= 4 is 11.9 Å². The number of halogens is 3. The Kier molecular flexibility index (Phi) is 3.21. The molecule has 0 saturated carbocycles. The minimum Gasteiger partial charge on any atom is -0.481 e. The summed E-state index contributed by atoms with van der Waals surface area (Å²) in [6.45, 7) is -1.44. The van der Waals surface area contributed by atoms with E-state index >= 15 is 0 Å². The van der Waals surface area contributed by atoms with Crippen LogP contribution in [0.25, 0.3) is 0 Å². The first-order valence-electron chi connectivity index (χ1n) is 4.37. The molecular weight excluding hydrogens is 215 g/mol. The minimum atomic E-state index is -4.42. The van der Waals surface area contributed by atoms with Crippen molar-refractivity contribution < 1.29 is 27.9 Å². The Morgan fingerprint density at radius 1 is 1.53 bits per heavy atom. The van der Waals surface area contributed by atoms with E-state index in [4.69, 9.17) is 5.11 Å². The van der Waals surface area contributed by atoms with Gasteiger partial charge < -0.3 is 10.0 Å². The highest BCUT2D eigenvalue weighted by atomic mass is 19.4. The first-order valence-corrected chi connectivity index (χ1v) is 4.37. The van der Waals surface area contributed by atoms with Gasteiger partial charge in [0.15, 0.2) is 0 Å². The summed E-state index contributed by atoms with van der Waals surface area (Å²) >= 11 is 0. The summed E-state index contributed by atoms with van der Waals surface area (Å²) in [6.07, 6.45) is -4.69. The molecule has 0 aromatic carbocycles. The van der Waals surface area contributed by atoms with E-state index in [1.54, 1.807) is 0 Å². The summed E-state index contributed by atoms with van der Waals surface area (Å²) in [5.74, 6) is -2.72. The van der Waals surface area contributed by atoms with E-state index in [0.29, 0.717) is 4.90 Å². The van der Waals surface area contributed by atoms with Gasteiger partial charge in [0.05, 0.1) is 5.92 Å². The van der Waals surface area contributed by atoms with Gasteiger partial charge in [-0.3, -0.25) is 9.59 Å². The molecule has 0 aliphatic carbocycles. The highest BCUT2D eigenvalue weighted by Gasteiger charge is 2.37. The van der Waals surface area contributed by atoms with Crippen LogP contribution in [0.5, 0.6) is 0 Å². The lowest BCUT2D eigenvalue weighted by Gasteiger charge is -2.30. The van der Waals surface area contributed by atoms with Crippen LogP contribution in [0.3, 0.4) is 0 Å². The molecule has 86 valence electrons. The van der Waals surface area contributed by atoms with E-state index in [1.807, 2.05) is 0 Å². The van der Waals surface area contributed by atoms with Crippen LogP contribution in [0.4, 0.5) is 13.2 Å². The summed E-state index contributed by atoms with van der Waals surface area (Å²) in [6, 6.07) is 0. The molecule has 1 saturated heterocycles. The number of likely N-dealkylation sites (tertiary alicyclic amines) is 1. The fourth-order valence-corrected chi connectivity index (χ4v) is 1.47. The maximum absolute atomic E-state index is 12.0. The molecule has 0 bridgehead atoms. The number of carbonyl (C=O) groups excluding carboxylic acids is 1. The number of carboxylic acid groups (broad SMARTS) is 1. The van der Waals surface area contributed by atoms with Gasteiger partial charge in [0.2, 0.25) is 5.91 Å². The van der Waals surface area contributed by atoms with E-state index in [0.717, 1.165) is 0 Å². The normalized spacial score (nSPS) is 23.0. The molecular formula is C8H10F3NO3. The Bertz CT molecular complexity index is 277. The Morgan fingerprint density at radius 2 is 2.13 bits per heavy atom. The third kappa shape index (κ3) is 3.41. The second-order valence-electron chi connectivity index (χ2n) is 3.46. The second kappa shape index (κ2) is 4.08. The van der Waals surface area contributed by atoms with Crippen molar-refractivity contribution in [1.82, 2.24) is 4.90 Å². The molecule has 1 heterocycles. The SMILES string of the molecule is O=C(O)C1CCN(CC(F)(F)F)C(=O)C1. The average molecular weight is 225 g/mol. The van der Waals surface area contributed by atoms with E-state index < -0.39 is 30.5 Å². The number of hydrogen-bond acceptors (Lipinski definition) is 2. The van der Waals surface area contributed by atoms with E-state index in [1.165, 1.54) is 0 Å². The van der Waals surface area contributed by atoms with Crippen LogP contribution in [0, 0.1) is 5.92 Å². The van der Waals surface area contributed by atoms with Crippen LogP contribution in [0.2, 0.25) is 0 Å². The molecule has 4 nitrogen and oxygen atoms in total. The fraction of sp³-hybridized carbons (Fsp3) is 0.750. The lowest BCUT2D eigenvalue weighted by Crippen LogP contribution is -2.45. The number of carbonyl (C=O) groups is 2. The van der Waals surface area contributed by atoms with Gasteiger partial charge in [-0.15, -0.1) is 0 Å². The number of piperidine rings is 1. The predicted molar refractivity (Wildman–Crippen MR) is 43.0 cm³/mol. The molecule has 1 unspecified atom stereocenters. The van der Waals surface area contributed by atoms with Crippen molar-refractivity contribution in [2.75, 3.05) is 13.1 Å². The first kappa shape index (κ1) is 11.8. The maximum atomic E-state index is 12.0. The summed E-state index contributed by atoms with van der Waals surface area (Å²) in [5, 5.41) is 8.58. The van der Waals surface area contributed by atoms with Crippen LogP contribution in [-0.4, -0.2) is 41.1 Å². The standard InChI is InChI=1S/C8H10F3NO3/c9-8(10,11)4-12-2-1-5(7(14)15)3-6(12)13/h5H,1-4H2,(H,14,15). The van der Waals surface area contributed by atoms with Crippen molar-refractivity contribution in [1.29, 1.82) is 0 Å². The average Bonchev–Trinajstić information content (AvgIpc) is 2.05. The summed E-state index contributed by atoms with van der Waals surface area (Å²) in [4.78, 5) is 22.3. The Hall–Kier alpha value is -1.27. The zero-order chi connectivity index (χ0) is 11.6. The van der Waals surface area contributed by atoms with Crippen molar-refractivity contribution in [2.45, 2.75) is 19.0 Å².